The highest BCUT2D eigenvalue weighted by molar-refractivity contribution is 7.80. The zero-order chi connectivity index (χ0) is 9.57. The lowest BCUT2D eigenvalue weighted by Crippen LogP contribution is -2.48. The summed E-state index contributed by atoms with van der Waals surface area (Å²) >= 11 is 4.89. The predicted molar refractivity (Wildman–Crippen MR) is 51.7 cm³/mol. The second kappa shape index (κ2) is 2.42. The predicted octanol–water partition coefficient (Wildman–Crippen LogP) is 0.577. The van der Waals surface area contributed by atoms with Gasteiger partial charge in [0.1, 0.15) is 0 Å². The van der Waals surface area contributed by atoms with E-state index in [-0.39, 0.29) is 11.3 Å². The molecule has 4 heteroatoms. The largest absolute Gasteiger partial charge is 0.391 e. The fraction of sp³-hybridized carbons (Fsp3) is 0.750. The number of nitrogens with two attached hydrogens (primary N) is 1. The number of carbonyl (C=O) groups is 1. The number of rotatable bonds is 1. The molecule has 0 aromatic carbocycles. The SMILES string of the molecule is CC1(C)CC(C)(C(N)=S)NC1=O. The van der Waals surface area contributed by atoms with Crippen molar-refractivity contribution in [3.63, 3.8) is 0 Å². The lowest BCUT2D eigenvalue weighted by Gasteiger charge is -2.22. The maximum atomic E-state index is 11.4. The molecule has 1 aliphatic heterocycles. The molecule has 1 atom stereocenters. The minimum Gasteiger partial charge on any atom is -0.391 e. The molecule has 1 amide bonds. The molecule has 0 aromatic rings. The molecule has 0 aliphatic carbocycles. The van der Waals surface area contributed by atoms with E-state index < -0.39 is 5.54 Å². The lowest BCUT2D eigenvalue weighted by atomic mass is 9.84. The van der Waals surface area contributed by atoms with Crippen LogP contribution >= 0.6 is 12.2 Å². The summed E-state index contributed by atoms with van der Waals surface area (Å²) in [7, 11) is 0. The number of hydrogen-bond donors (Lipinski definition) is 2. The van der Waals surface area contributed by atoms with E-state index in [9.17, 15) is 4.79 Å². The normalized spacial score (nSPS) is 33.1. The second-order valence-corrected chi connectivity index (χ2v) is 4.65. The van der Waals surface area contributed by atoms with E-state index in [2.05, 4.69) is 5.32 Å². The Labute approximate surface area is 77.7 Å². The van der Waals surface area contributed by atoms with E-state index in [0.717, 1.165) is 0 Å². The molecule has 1 unspecified atom stereocenters. The van der Waals surface area contributed by atoms with Crippen molar-refractivity contribution in [2.75, 3.05) is 0 Å². The summed E-state index contributed by atoms with van der Waals surface area (Å²) in [5.74, 6) is 0.0257. The molecule has 12 heavy (non-hydrogen) atoms. The summed E-state index contributed by atoms with van der Waals surface area (Å²) in [6, 6.07) is 0. The van der Waals surface area contributed by atoms with Crippen molar-refractivity contribution in [3.8, 4) is 0 Å². The fourth-order valence-corrected chi connectivity index (χ4v) is 1.70. The number of thiocarbonyl (C=S) groups is 1. The van der Waals surface area contributed by atoms with Crippen LogP contribution in [0.25, 0.3) is 0 Å². The van der Waals surface area contributed by atoms with Crippen LogP contribution in [0.3, 0.4) is 0 Å². The second-order valence-electron chi connectivity index (χ2n) is 4.21. The Bertz CT molecular complexity index is 249. The molecule has 3 nitrogen and oxygen atoms in total. The minimum absolute atomic E-state index is 0.0257. The van der Waals surface area contributed by atoms with Gasteiger partial charge in [-0.2, -0.15) is 0 Å². The topological polar surface area (TPSA) is 55.1 Å². The molecule has 1 fully saturated rings. The molecule has 1 aliphatic rings. The molecule has 0 aromatic heterocycles. The highest BCUT2D eigenvalue weighted by Gasteiger charge is 2.47. The van der Waals surface area contributed by atoms with Crippen LogP contribution in [0.15, 0.2) is 0 Å². The molecule has 1 saturated heterocycles. The average molecular weight is 186 g/mol. The zero-order valence-corrected chi connectivity index (χ0v) is 8.42. The quantitative estimate of drug-likeness (QED) is 0.589. The number of amides is 1. The van der Waals surface area contributed by atoms with Crippen LogP contribution in [0.2, 0.25) is 0 Å². The van der Waals surface area contributed by atoms with Crippen LogP contribution in [-0.4, -0.2) is 16.4 Å². The van der Waals surface area contributed by atoms with Crippen molar-refractivity contribution in [2.24, 2.45) is 11.1 Å². The standard InChI is InChI=1S/C8H14N2OS/c1-7(2)4-8(3,5(9)12)10-6(7)11/h4H2,1-3H3,(H2,9,12)(H,10,11). The number of hydrogen-bond acceptors (Lipinski definition) is 2. The Kier molecular flexibility index (Phi) is 1.91. The molecule has 0 bridgehead atoms. The Balaban J connectivity index is 2.92. The van der Waals surface area contributed by atoms with E-state index >= 15 is 0 Å². The smallest absolute Gasteiger partial charge is 0.226 e. The van der Waals surface area contributed by atoms with Gasteiger partial charge in [0.2, 0.25) is 5.91 Å². The van der Waals surface area contributed by atoms with E-state index in [1.54, 1.807) is 0 Å². The van der Waals surface area contributed by atoms with E-state index in [1.165, 1.54) is 0 Å². The molecule has 1 heterocycles. The van der Waals surface area contributed by atoms with Gasteiger partial charge in [0.25, 0.3) is 0 Å². The first-order valence-electron chi connectivity index (χ1n) is 3.90. The highest BCUT2D eigenvalue weighted by Crippen LogP contribution is 2.35. The van der Waals surface area contributed by atoms with Gasteiger partial charge in [-0.3, -0.25) is 4.79 Å². The molecule has 0 saturated carbocycles. The van der Waals surface area contributed by atoms with Gasteiger partial charge < -0.3 is 11.1 Å². The van der Waals surface area contributed by atoms with Crippen molar-refractivity contribution in [1.29, 1.82) is 0 Å². The first-order chi connectivity index (χ1) is 5.28. The van der Waals surface area contributed by atoms with Crippen LogP contribution in [-0.2, 0) is 4.79 Å². The minimum atomic E-state index is -0.490. The van der Waals surface area contributed by atoms with Crippen LogP contribution in [0, 0.1) is 5.41 Å². The van der Waals surface area contributed by atoms with Crippen molar-refractivity contribution in [1.82, 2.24) is 5.32 Å². The Morgan fingerprint density at radius 1 is 1.58 bits per heavy atom. The summed E-state index contributed by atoms with van der Waals surface area (Å²) in [4.78, 5) is 11.8. The van der Waals surface area contributed by atoms with E-state index in [4.69, 9.17) is 18.0 Å². The Morgan fingerprint density at radius 3 is 2.25 bits per heavy atom. The number of nitrogens with one attached hydrogen (secondary N) is 1. The number of carbonyl (C=O) groups excluding carboxylic acids is 1. The van der Waals surface area contributed by atoms with Gasteiger partial charge in [0.05, 0.1) is 10.5 Å². The van der Waals surface area contributed by atoms with E-state index in [1.807, 2.05) is 20.8 Å². The summed E-state index contributed by atoms with van der Waals surface area (Å²) in [5.41, 5.74) is 4.69. The van der Waals surface area contributed by atoms with Crippen LogP contribution in [0.1, 0.15) is 27.2 Å². The average Bonchev–Trinajstić information content (AvgIpc) is 2.03. The maximum Gasteiger partial charge on any atom is 0.226 e. The summed E-state index contributed by atoms with van der Waals surface area (Å²) < 4.78 is 0. The zero-order valence-electron chi connectivity index (χ0n) is 7.60. The Hall–Kier alpha value is -0.640. The molecule has 68 valence electrons. The summed E-state index contributed by atoms with van der Waals surface area (Å²) in [5, 5.41) is 2.81. The van der Waals surface area contributed by atoms with Gasteiger partial charge >= 0.3 is 0 Å². The van der Waals surface area contributed by atoms with Crippen molar-refractivity contribution in [2.45, 2.75) is 32.7 Å². The van der Waals surface area contributed by atoms with Crippen LogP contribution in [0.5, 0.6) is 0 Å². The molecule has 1 rings (SSSR count). The van der Waals surface area contributed by atoms with Crippen molar-refractivity contribution in [3.05, 3.63) is 0 Å². The molecule has 3 N–H and O–H groups in total. The van der Waals surface area contributed by atoms with Gasteiger partial charge in [-0.1, -0.05) is 26.1 Å². The highest BCUT2D eigenvalue weighted by atomic mass is 32.1. The van der Waals surface area contributed by atoms with Crippen molar-refractivity contribution < 1.29 is 4.79 Å². The van der Waals surface area contributed by atoms with Crippen molar-refractivity contribution >= 4 is 23.1 Å². The Morgan fingerprint density at radius 2 is 2.08 bits per heavy atom. The monoisotopic (exact) mass is 186 g/mol. The summed E-state index contributed by atoms with van der Waals surface area (Å²) in [6.07, 6.45) is 0.675. The first-order valence-corrected chi connectivity index (χ1v) is 4.31. The fourth-order valence-electron chi connectivity index (χ4n) is 1.58. The van der Waals surface area contributed by atoms with Gasteiger partial charge in [-0.05, 0) is 13.3 Å². The van der Waals surface area contributed by atoms with Gasteiger partial charge in [-0.15, -0.1) is 0 Å². The van der Waals surface area contributed by atoms with E-state index in [0.29, 0.717) is 11.4 Å². The third kappa shape index (κ3) is 1.31. The van der Waals surface area contributed by atoms with Gasteiger partial charge in [0.15, 0.2) is 0 Å². The molecule has 0 spiro atoms. The molecular weight excluding hydrogens is 172 g/mol. The first kappa shape index (κ1) is 9.45. The molecular formula is C8H14N2OS. The third-order valence-corrected chi connectivity index (χ3v) is 2.79. The van der Waals surface area contributed by atoms with Crippen LogP contribution < -0.4 is 11.1 Å². The van der Waals surface area contributed by atoms with Crippen LogP contribution in [0.4, 0.5) is 0 Å². The van der Waals surface area contributed by atoms with Gasteiger partial charge in [0, 0.05) is 5.41 Å². The summed E-state index contributed by atoms with van der Waals surface area (Å²) in [6.45, 7) is 5.65. The third-order valence-electron chi connectivity index (χ3n) is 2.34. The maximum absolute atomic E-state index is 11.4. The van der Waals surface area contributed by atoms with Gasteiger partial charge in [-0.25, -0.2) is 0 Å². The molecule has 0 radical (unpaired) electrons. The lowest BCUT2D eigenvalue weighted by molar-refractivity contribution is -0.126.